The molecule has 1 amide bonds. The molecule has 1 aliphatic rings. The Morgan fingerprint density at radius 2 is 2.29 bits per heavy atom. The molecule has 1 saturated heterocycles. The lowest BCUT2D eigenvalue weighted by Crippen LogP contribution is -2.42. The van der Waals surface area contributed by atoms with Crippen LogP contribution in [0.2, 0.25) is 0 Å². The van der Waals surface area contributed by atoms with Crippen molar-refractivity contribution in [2.24, 2.45) is 0 Å². The lowest BCUT2D eigenvalue weighted by molar-refractivity contribution is -0.134. The molecule has 1 aromatic heterocycles. The molecule has 3 atom stereocenters. The quantitative estimate of drug-likeness (QED) is 0.702. The zero-order chi connectivity index (χ0) is 17.4. The summed E-state index contributed by atoms with van der Waals surface area (Å²) in [6.07, 6.45) is 1.81. The van der Waals surface area contributed by atoms with Crippen LogP contribution >= 0.6 is 11.3 Å². The Balaban J connectivity index is 1.82. The zero-order valence-corrected chi connectivity index (χ0v) is 15.8. The Morgan fingerprint density at radius 1 is 1.50 bits per heavy atom. The van der Waals surface area contributed by atoms with Crippen molar-refractivity contribution in [2.45, 2.75) is 51.9 Å². The van der Waals surface area contributed by atoms with E-state index in [0.29, 0.717) is 13.2 Å². The number of hydrogen-bond acceptors (Lipinski definition) is 5. The number of likely N-dealkylation sites (N-methyl/N-ethyl adjacent to an activating group) is 1. The maximum atomic E-state index is 12.3. The lowest BCUT2D eigenvalue weighted by Gasteiger charge is -2.30. The van der Waals surface area contributed by atoms with Gasteiger partial charge in [-0.15, -0.1) is 0 Å². The van der Waals surface area contributed by atoms with Crippen LogP contribution in [0.4, 0.5) is 0 Å². The van der Waals surface area contributed by atoms with Crippen LogP contribution in [0.3, 0.4) is 0 Å². The van der Waals surface area contributed by atoms with Crippen molar-refractivity contribution in [3.05, 3.63) is 22.4 Å². The van der Waals surface area contributed by atoms with Gasteiger partial charge in [-0.1, -0.05) is 13.8 Å². The van der Waals surface area contributed by atoms with E-state index in [4.69, 9.17) is 9.47 Å². The normalized spacial score (nSPS) is 20.2. The Morgan fingerprint density at radius 3 is 2.88 bits per heavy atom. The molecule has 1 fully saturated rings. The lowest BCUT2D eigenvalue weighted by atomic mass is 10.1. The average molecular weight is 355 g/mol. The summed E-state index contributed by atoms with van der Waals surface area (Å²) in [5, 5.41) is 7.30. The smallest absolute Gasteiger partial charge is 0.248 e. The van der Waals surface area contributed by atoms with E-state index in [1.165, 1.54) is 5.56 Å². The summed E-state index contributed by atoms with van der Waals surface area (Å²) in [4.78, 5) is 14.7. The first-order chi connectivity index (χ1) is 11.7. The molecule has 0 radical (unpaired) electrons. The number of rotatable bonds is 10. The molecule has 0 spiro atoms. The third kappa shape index (κ3) is 5.55. The minimum atomic E-state index is -0.450. The summed E-state index contributed by atoms with van der Waals surface area (Å²) < 4.78 is 11.2. The van der Waals surface area contributed by atoms with E-state index < -0.39 is 6.10 Å². The van der Waals surface area contributed by atoms with E-state index >= 15 is 0 Å². The Kier molecular flexibility index (Phi) is 8.18. The van der Waals surface area contributed by atoms with Crippen LogP contribution in [0.25, 0.3) is 0 Å². The van der Waals surface area contributed by atoms with E-state index in [1.807, 2.05) is 0 Å². The van der Waals surface area contributed by atoms with Gasteiger partial charge in [0.15, 0.2) is 0 Å². The molecule has 1 aliphatic heterocycles. The monoisotopic (exact) mass is 354 g/mol. The van der Waals surface area contributed by atoms with Gasteiger partial charge >= 0.3 is 0 Å². The van der Waals surface area contributed by atoms with E-state index in [-0.39, 0.29) is 18.1 Å². The Labute approximate surface area is 149 Å². The van der Waals surface area contributed by atoms with Crippen LogP contribution in [-0.4, -0.2) is 55.9 Å². The largest absolute Gasteiger partial charge is 0.376 e. The molecule has 0 aromatic carbocycles. The zero-order valence-electron chi connectivity index (χ0n) is 15.0. The van der Waals surface area contributed by atoms with Crippen molar-refractivity contribution >= 4 is 17.2 Å². The van der Waals surface area contributed by atoms with Gasteiger partial charge < -0.3 is 14.8 Å². The van der Waals surface area contributed by atoms with Crippen LogP contribution in [0.5, 0.6) is 0 Å². The molecule has 1 aromatic rings. The fraction of sp³-hybridized carbons (Fsp3) is 0.722. The van der Waals surface area contributed by atoms with Gasteiger partial charge in [0.2, 0.25) is 5.91 Å². The van der Waals surface area contributed by atoms with Crippen molar-refractivity contribution in [3.63, 3.8) is 0 Å². The third-order valence-corrected chi connectivity index (χ3v) is 5.28. The van der Waals surface area contributed by atoms with Crippen molar-refractivity contribution in [1.29, 1.82) is 0 Å². The molecular formula is C18H30N2O3S. The van der Waals surface area contributed by atoms with Crippen molar-refractivity contribution in [2.75, 3.05) is 32.8 Å². The SMILES string of the molecule is CCN(CC)C(CNC(=O)C(C)OCC1CCCO1)c1ccsc1. The standard InChI is InChI=1S/C18H30N2O3S/c1-4-20(5-2)17(15-8-10-24-13-15)11-19-18(21)14(3)23-12-16-7-6-9-22-16/h8,10,13-14,16-17H,4-7,9,11-12H2,1-3H3,(H,19,21). The minimum absolute atomic E-state index is 0.0552. The van der Waals surface area contributed by atoms with E-state index in [1.54, 1.807) is 18.3 Å². The highest BCUT2D eigenvalue weighted by Crippen LogP contribution is 2.22. The topological polar surface area (TPSA) is 50.8 Å². The highest BCUT2D eigenvalue weighted by molar-refractivity contribution is 7.07. The molecule has 2 heterocycles. The van der Waals surface area contributed by atoms with Crippen LogP contribution in [-0.2, 0) is 14.3 Å². The van der Waals surface area contributed by atoms with Gasteiger partial charge in [0.1, 0.15) is 6.10 Å². The molecule has 136 valence electrons. The Hall–Kier alpha value is -0.950. The molecule has 2 rings (SSSR count). The average Bonchev–Trinajstić information content (AvgIpc) is 3.29. The second-order valence-corrected chi connectivity index (χ2v) is 6.93. The number of amides is 1. The van der Waals surface area contributed by atoms with Gasteiger partial charge in [-0.25, -0.2) is 0 Å². The molecular weight excluding hydrogens is 324 g/mol. The molecule has 5 nitrogen and oxygen atoms in total. The molecule has 3 unspecified atom stereocenters. The molecule has 0 bridgehead atoms. The van der Waals surface area contributed by atoms with E-state index in [2.05, 4.69) is 40.9 Å². The third-order valence-electron chi connectivity index (χ3n) is 4.58. The first-order valence-electron chi connectivity index (χ1n) is 8.92. The number of carbonyl (C=O) groups is 1. The van der Waals surface area contributed by atoms with Gasteiger partial charge in [0.25, 0.3) is 0 Å². The van der Waals surface area contributed by atoms with Gasteiger partial charge in [-0.05, 0) is 55.2 Å². The summed E-state index contributed by atoms with van der Waals surface area (Å²) in [5.74, 6) is -0.0552. The van der Waals surface area contributed by atoms with Crippen LogP contribution in [0.1, 0.15) is 45.2 Å². The van der Waals surface area contributed by atoms with Gasteiger partial charge in [-0.3, -0.25) is 9.69 Å². The summed E-state index contributed by atoms with van der Waals surface area (Å²) >= 11 is 1.69. The number of nitrogens with one attached hydrogen (secondary N) is 1. The highest BCUT2D eigenvalue weighted by Gasteiger charge is 2.22. The van der Waals surface area contributed by atoms with Crippen LogP contribution in [0, 0.1) is 0 Å². The highest BCUT2D eigenvalue weighted by atomic mass is 32.1. The molecule has 0 aliphatic carbocycles. The number of hydrogen-bond donors (Lipinski definition) is 1. The second-order valence-electron chi connectivity index (χ2n) is 6.15. The van der Waals surface area contributed by atoms with E-state index in [0.717, 1.165) is 32.5 Å². The van der Waals surface area contributed by atoms with Gasteiger partial charge in [0, 0.05) is 13.2 Å². The first kappa shape index (κ1) is 19.4. The number of carbonyl (C=O) groups excluding carboxylic acids is 1. The number of thiophene rings is 1. The Bertz CT molecular complexity index is 471. The molecule has 0 saturated carbocycles. The van der Waals surface area contributed by atoms with E-state index in [9.17, 15) is 4.79 Å². The van der Waals surface area contributed by atoms with Gasteiger partial charge in [-0.2, -0.15) is 11.3 Å². The second kappa shape index (κ2) is 10.1. The van der Waals surface area contributed by atoms with Crippen molar-refractivity contribution in [1.82, 2.24) is 10.2 Å². The summed E-state index contributed by atoms with van der Waals surface area (Å²) in [6, 6.07) is 2.34. The molecule has 6 heteroatoms. The maximum Gasteiger partial charge on any atom is 0.248 e. The van der Waals surface area contributed by atoms with Gasteiger partial charge in [0.05, 0.1) is 18.8 Å². The minimum Gasteiger partial charge on any atom is -0.376 e. The number of ether oxygens (including phenoxy) is 2. The van der Waals surface area contributed by atoms with Crippen molar-refractivity contribution < 1.29 is 14.3 Å². The maximum absolute atomic E-state index is 12.3. The van der Waals surface area contributed by atoms with Crippen LogP contribution < -0.4 is 5.32 Å². The van der Waals surface area contributed by atoms with Crippen LogP contribution in [0.15, 0.2) is 16.8 Å². The predicted octanol–water partition coefficient (Wildman–Crippen LogP) is 2.83. The summed E-state index contributed by atoms with van der Waals surface area (Å²) in [6.45, 7) is 9.93. The predicted molar refractivity (Wildman–Crippen MR) is 97.4 cm³/mol. The van der Waals surface area contributed by atoms with Crippen molar-refractivity contribution in [3.8, 4) is 0 Å². The summed E-state index contributed by atoms with van der Waals surface area (Å²) in [5.41, 5.74) is 1.26. The molecule has 1 N–H and O–H groups in total. The molecule has 24 heavy (non-hydrogen) atoms. The first-order valence-corrected chi connectivity index (χ1v) is 9.87. The fourth-order valence-corrected chi connectivity index (χ4v) is 3.74. The summed E-state index contributed by atoms with van der Waals surface area (Å²) in [7, 11) is 0. The fourth-order valence-electron chi connectivity index (χ4n) is 3.03. The number of nitrogens with zero attached hydrogens (tertiary/aromatic N) is 1.